The molecule has 0 saturated heterocycles. The maximum absolute atomic E-state index is 8.29. The van der Waals surface area contributed by atoms with E-state index in [1.54, 1.807) is 0 Å². The monoisotopic (exact) mass is 142 g/mol. The van der Waals surface area contributed by atoms with Crippen LogP contribution in [0.3, 0.4) is 0 Å². The molecule has 0 radical (unpaired) electrons. The highest BCUT2D eigenvalue weighted by Gasteiger charge is 2.12. The Hall–Kier alpha value is -0.410. The van der Waals surface area contributed by atoms with Crippen LogP contribution in [0.4, 0.5) is 0 Å². The summed E-state index contributed by atoms with van der Waals surface area (Å²) in [4.78, 5) is 4.32. The Bertz CT molecular complexity index is 134. The second kappa shape index (κ2) is 3.68. The topological polar surface area (TPSA) is 44.6 Å². The van der Waals surface area contributed by atoms with Crippen LogP contribution in [0, 0.1) is 5.92 Å². The third kappa shape index (κ3) is 2.08. The van der Waals surface area contributed by atoms with Gasteiger partial charge in [-0.05, 0) is 12.3 Å². The van der Waals surface area contributed by atoms with E-state index >= 15 is 0 Å². The van der Waals surface area contributed by atoms with E-state index in [1.807, 2.05) is 0 Å². The Kier molecular flexibility index (Phi) is 2.83. The number of nitrogens with one attached hydrogen (secondary N) is 1. The zero-order valence-corrected chi connectivity index (χ0v) is 6.30. The molecule has 0 saturated carbocycles. The van der Waals surface area contributed by atoms with Gasteiger partial charge in [-0.3, -0.25) is 4.99 Å². The van der Waals surface area contributed by atoms with Crippen LogP contribution in [-0.2, 0) is 0 Å². The van der Waals surface area contributed by atoms with E-state index in [0.717, 1.165) is 19.4 Å². The maximum atomic E-state index is 8.29. The van der Waals surface area contributed by atoms with Gasteiger partial charge in [0.15, 0.2) is 0 Å². The maximum Gasteiger partial charge on any atom is 0.0417 e. The molecule has 0 fully saturated rings. The van der Waals surface area contributed by atoms with Gasteiger partial charge >= 0.3 is 0 Å². The molecule has 0 aromatic carbocycles. The second-order valence-corrected chi connectivity index (χ2v) is 2.87. The highest BCUT2D eigenvalue weighted by molar-refractivity contribution is 5.86. The third-order valence-corrected chi connectivity index (χ3v) is 1.74. The summed E-state index contributed by atoms with van der Waals surface area (Å²) in [6.07, 6.45) is 2.00. The quantitative estimate of drug-likeness (QED) is 0.573. The molecule has 10 heavy (non-hydrogen) atoms. The van der Waals surface area contributed by atoms with E-state index in [1.165, 1.54) is 5.71 Å². The van der Waals surface area contributed by atoms with Crippen LogP contribution in [0.2, 0.25) is 0 Å². The largest absolute Gasteiger partial charge is 0.317 e. The van der Waals surface area contributed by atoms with E-state index in [0.29, 0.717) is 12.5 Å². The average Bonchev–Trinajstić information content (AvgIpc) is 2.31. The standard InChI is InChI=1S/C7H14N2O/c1-6-4-7(8-5-6)2-3-9-10/h6,9-10H,2-5H2,1H3. The van der Waals surface area contributed by atoms with Crippen LogP contribution in [-0.4, -0.2) is 24.0 Å². The number of aliphatic imine (C=N–C) groups is 1. The van der Waals surface area contributed by atoms with Crippen molar-refractivity contribution in [1.29, 1.82) is 0 Å². The molecule has 0 bridgehead atoms. The molecule has 1 atom stereocenters. The number of hydrogen-bond donors (Lipinski definition) is 2. The molecule has 1 aliphatic rings. The predicted molar refractivity (Wildman–Crippen MR) is 40.5 cm³/mol. The van der Waals surface area contributed by atoms with E-state index in [-0.39, 0.29) is 0 Å². The fourth-order valence-corrected chi connectivity index (χ4v) is 1.20. The van der Waals surface area contributed by atoms with E-state index in [2.05, 4.69) is 17.4 Å². The molecule has 0 amide bonds. The first-order valence-electron chi connectivity index (χ1n) is 3.72. The second-order valence-electron chi connectivity index (χ2n) is 2.87. The van der Waals surface area contributed by atoms with Crippen LogP contribution in [0.1, 0.15) is 19.8 Å². The van der Waals surface area contributed by atoms with Crippen molar-refractivity contribution in [3.8, 4) is 0 Å². The zero-order chi connectivity index (χ0) is 7.40. The van der Waals surface area contributed by atoms with E-state index < -0.39 is 0 Å². The molecule has 3 heteroatoms. The molecule has 0 aliphatic carbocycles. The molecular weight excluding hydrogens is 128 g/mol. The first kappa shape index (κ1) is 7.69. The smallest absolute Gasteiger partial charge is 0.0417 e. The van der Waals surface area contributed by atoms with Gasteiger partial charge < -0.3 is 5.21 Å². The summed E-state index contributed by atoms with van der Waals surface area (Å²) >= 11 is 0. The number of hydrogen-bond acceptors (Lipinski definition) is 3. The fraction of sp³-hybridized carbons (Fsp3) is 0.857. The van der Waals surface area contributed by atoms with Crippen molar-refractivity contribution in [2.75, 3.05) is 13.1 Å². The lowest BCUT2D eigenvalue weighted by atomic mass is 10.1. The Morgan fingerprint density at radius 1 is 1.80 bits per heavy atom. The summed E-state index contributed by atoms with van der Waals surface area (Å²) in [5.74, 6) is 0.716. The SMILES string of the molecule is CC1CN=C(CCNO)C1. The molecule has 0 aromatic heterocycles. The van der Waals surface area contributed by atoms with Gasteiger partial charge in [0.25, 0.3) is 0 Å². The van der Waals surface area contributed by atoms with Crippen LogP contribution >= 0.6 is 0 Å². The molecule has 58 valence electrons. The lowest BCUT2D eigenvalue weighted by molar-refractivity contribution is 0.170. The lowest BCUT2D eigenvalue weighted by Crippen LogP contribution is -2.12. The van der Waals surface area contributed by atoms with Gasteiger partial charge in [0.2, 0.25) is 0 Å². The first-order valence-corrected chi connectivity index (χ1v) is 3.72. The molecule has 1 aliphatic heterocycles. The molecule has 1 heterocycles. The minimum atomic E-state index is 0.631. The van der Waals surface area contributed by atoms with Gasteiger partial charge in [-0.15, -0.1) is 0 Å². The van der Waals surface area contributed by atoms with Crippen molar-refractivity contribution in [1.82, 2.24) is 5.48 Å². The van der Waals surface area contributed by atoms with E-state index in [4.69, 9.17) is 5.21 Å². The van der Waals surface area contributed by atoms with E-state index in [9.17, 15) is 0 Å². The zero-order valence-electron chi connectivity index (χ0n) is 6.30. The minimum Gasteiger partial charge on any atom is -0.317 e. The Morgan fingerprint density at radius 3 is 3.10 bits per heavy atom. The Morgan fingerprint density at radius 2 is 2.60 bits per heavy atom. The van der Waals surface area contributed by atoms with Crippen LogP contribution in [0.25, 0.3) is 0 Å². The highest BCUT2D eigenvalue weighted by atomic mass is 16.5. The summed E-state index contributed by atoms with van der Waals surface area (Å²) in [5, 5.41) is 8.29. The molecular formula is C7H14N2O. The molecule has 0 spiro atoms. The van der Waals surface area contributed by atoms with Gasteiger partial charge in [0, 0.05) is 25.2 Å². The lowest BCUT2D eigenvalue weighted by Gasteiger charge is -1.98. The first-order chi connectivity index (χ1) is 4.83. The summed E-state index contributed by atoms with van der Waals surface area (Å²) in [6, 6.07) is 0. The summed E-state index contributed by atoms with van der Waals surface area (Å²) in [6.45, 7) is 3.80. The van der Waals surface area contributed by atoms with Crippen molar-refractivity contribution >= 4 is 5.71 Å². The van der Waals surface area contributed by atoms with Crippen molar-refractivity contribution in [2.45, 2.75) is 19.8 Å². The summed E-state index contributed by atoms with van der Waals surface area (Å²) < 4.78 is 0. The molecule has 1 unspecified atom stereocenters. The number of rotatable bonds is 3. The molecule has 0 aromatic rings. The van der Waals surface area contributed by atoms with Crippen molar-refractivity contribution in [3.63, 3.8) is 0 Å². The molecule has 3 nitrogen and oxygen atoms in total. The number of nitrogens with zero attached hydrogens (tertiary/aromatic N) is 1. The predicted octanol–water partition coefficient (Wildman–Crippen LogP) is 0.836. The molecule has 2 N–H and O–H groups in total. The van der Waals surface area contributed by atoms with Gasteiger partial charge in [-0.2, -0.15) is 0 Å². The van der Waals surface area contributed by atoms with Gasteiger partial charge in [0.1, 0.15) is 0 Å². The number of hydroxylamine groups is 1. The van der Waals surface area contributed by atoms with Gasteiger partial charge in [0.05, 0.1) is 0 Å². The van der Waals surface area contributed by atoms with Gasteiger partial charge in [-0.25, -0.2) is 5.48 Å². The van der Waals surface area contributed by atoms with Crippen LogP contribution < -0.4 is 5.48 Å². The Balaban J connectivity index is 2.17. The fourth-order valence-electron chi connectivity index (χ4n) is 1.20. The average molecular weight is 142 g/mol. The van der Waals surface area contributed by atoms with Gasteiger partial charge in [-0.1, -0.05) is 6.92 Å². The highest BCUT2D eigenvalue weighted by Crippen LogP contribution is 2.13. The third-order valence-electron chi connectivity index (χ3n) is 1.74. The van der Waals surface area contributed by atoms with Crippen molar-refractivity contribution in [3.05, 3.63) is 0 Å². The van der Waals surface area contributed by atoms with Crippen molar-refractivity contribution < 1.29 is 5.21 Å². The van der Waals surface area contributed by atoms with Crippen molar-refractivity contribution in [2.24, 2.45) is 10.9 Å². The Labute approximate surface area is 61.1 Å². The van der Waals surface area contributed by atoms with Crippen LogP contribution in [0.5, 0.6) is 0 Å². The summed E-state index contributed by atoms with van der Waals surface area (Å²) in [7, 11) is 0. The minimum absolute atomic E-state index is 0.631. The van der Waals surface area contributed by atoms with Crippen LogP contribution in [0.15, 0.2) is 4.99 Å². The molecule has 1 rings (SSSR count). The normalized spacial score (nSPS) is 25.0. The summed E-state index contributed by atoms with van der Waals surface area (Å²) in [5.41, 5.74) is 3.37.